The summed E-state index contributed by atoms with van der Waals surface area (Å²) in [5.41, 5.74) is -2.24. The lowest BCUT2D eigenvalue weighted by molar-refractivity contribution is -0.141. The Labute approximate surface area is 116 Å². The van der Waals surface area contributed by atoms with Crippen LogP contribution in [0.2, 0.25) is 0 Å². The molecular formula is C13H8F3N3O2. The van der Waals surface area contributed by atoms with Gasteiger partial charge in [-0.1, -0.05) is 0 Å². The van der Waals surface area contributed by atoms with Crippen molar-refractivity contribution in [1.82, 2.24) is 9.97 Å². The standard InChI is InChI=1S/C13H8F3N3O2/c1-21-10-3-2-7(6-17)4-8(10)9-5-11(13(14,15)16)19-12(20)18-9/h2-5H,1H3,(H,18,19,20). The lowest BCUT2D eigenvalue weighted by Crippen LogP contribution is -2.19. The minimum atomic E-state index is -4.71. The van der Waals surface area contributed by atoms with Gasteiger partial charge in [-0.25, -0.2) is 4.79 Å². The number of halogens is 3. The van der Waals surface area contributed by atoms with Gasteiger partial charge in [0.1, 0.15) is 11.4 Å². The Hall–Kier alpha value is -2.82. The summed E-state index contributed by atoms with van der Waals surface area (Å²) in [5, 5.41) is 8.85. The van der Waals surface area contributed by atoms with Gasteiger partial charge in [0.2, 0.25) is 0 Å². The number of aromatic amines is 1. The zero-order chi connectivity index (χ0) is 15.6. The van der Waals surface area contributed by atoms with Crippen molar-refractivity contribution in [3.63, 3.8) is 0 Å². The fourth-order valence-corrected chi connectivity index (χ4v) is 1.73. The van der Waals surface area contributed by atoms with Gasteiger partial charge in [0, 0.05) is 5.56 Å². The number of alkyl halides is 3. The molecule has 5 nitrogen and oxygen atoms in total. The molecule has 0 fully saturated rings. The molecule has 0 spiro atoms. The molecule has 1 aromatic carbocycles. The van der Waals surface area contributed by atoms with Crippen molar-refractivity contribution in [2.24, 2.45) is 0 Å². The Kier molecular flexibility index (Phi) is 3.67. The number of ether oxygens (including phenoxy) is 1. The Balaban J connectivity index is 2.70. The number of rotatable bonds is 2. The Morgan fingerprint density at radius 2 is 2.05 bits per heavy atom. The number of benzene rings is 1. The fourth-order valence-electron chi connectivity index (χ4n) is 1.73. The Morgan fingerprint density at radius 3 is 2.62 bits per heavy atom. The van der Waals surface area contributed by atoms with Crippen molar-refractivity contribution >= 4 is 0 Å². The quantitative estimate of drug-likeness (QED) is 0.922. The second-order valence-corrected chi connectivity index (χ2v) is 4.01. The van der Waals surface area contributed by atoms with Crippen molar-refractivity contribution in [2.75, 3.05) is 7.11 Å². The highest BCUT2D eigenvalue weighted by Gasteiger charge is 2.32. The number of hydrogen-bond acceptors (Lipinski definition) is 4. The van der Waals surface area contributed by atoms with Crippen molar-refractivity contribution in [3.8, 4) is 23.1 Å². The lowest BCUT2D eigenvalue weighted by atomic mass is 10.1. The molecule has 21 heavy (non-hydrogen) atoms. The first-order chi connectivity index (χ1) is 9.85. The SMILES string of the molecule is COc1ccc(C#N)cc1-c1cc(C(F)(F)F)[nH]c(=O)n1. The zero-order valence-electron chi connectivity index (χ0n) is 10.7. The third kappa shape index (κ3) is 3.02. The third-order valence-corrected chi connectivity index (χ3v) is 2.65. The van der Waals surface area contributed by atoms with Gasteiger partial charge >= 0.3 is 11.9 Å². The van der Waals surface area contributed by atoms with Crippen LogP contribution < -0.4 is 10.4 Å². The van der Waals surface area contributed by atoms with Crippen LogP contribution in [-0.4, -0.2) is 17.1 Å². The predicted octanol–water partition coefficient (Wildman–Crippen LogP) is 2.34. The van der Waals surface area contributed by atoms with Gasteiger partial charge in [-0.05, 0) is 24.3 Å². The molecule has 0 radical (unpaired) electrons. The summed E-state index contributed by atoms with van der Waals surface area (Å²) in [6.45, 7) is 0. The molecule has 0 amide bonds. The van der Waals surface area contributed by atoms with Crippen molar-refractivity contribution in [3.05, 3.63) is 46.0 Å². The van der Waals surface area contributed by atoms with Crippen LogP contribution in [0.25, 0.3) is 11.3 Å². The number of nitriles is 1. The normalized spacial score (nSPS) is 11.0. The van der Waals surface area contributed by atoms with Crippen molar-refractivity contribution in [2.45, 2.75) is 6.18 Å². The number of aromatic nitrogens is 2. The topological polar surface area (TPSA) is 78.8 Å². The first-order valence-corrected chi connectivity index (χ1v) is 5.62. The second-order valence-electron chi connectivity index (χ2n) is 4.01. The van der Waals surface area contributed by atoms with Crippen LogP contribution >= 0.6 is 0 Å². The molecule has 8 heteroatoms. The van der Waals surface area contributed by atoms with Crippen molar-refractivity contribution in [1.29, 1.82) is 5.26 Å². The number of methoxy groups -OCH3 is 1. The molecule has 0 atom stereocenters. The third-order valence-electron chi connectivity index (χ3n) is 2.65. The molecular weight excluding hydrogens is 287 g/mol. The Morgan fingerprint density at radius 1 is 1.33 bits per heavy atom. The van der Waals surface area contributed by atoms with E-state index in [4.69, 9.17) is 10.00 Å². The summed E-state index contributed by atoms with van der Waals surface area (Å²) >= 11 is 0. The second kappa shape index (κ2) is 5.28. The average molecular weight is 295 g/mol. The summed E-state index contributed by atoms with van der Waals surface area (Å²) in [6, 6.07) is 6.72. The molecule has 108 valence electrons. The van der Waals surface area contributed by atoms with E-state index in [1.165, 1.54) is 25.3 Å². The summed E-state index contributed by atoms with van der Waals surface area (Å²) < 4.78 is 43.2. The molecule has 0 bridgehead atoms. The van der Waals surface area contributed by atoms with E-state index in [2.05, 4.69) is 4.98 Å². The smallest absolute Gasteiger partial charge is 0.431 e. The summed E-state index contributed by atoms with van der Waals surface area (Å²) in [5.74, 6) is 0.209. The molecule has 0 aliphatic rings. The fraction of sp³-hybridized carbons (Fsp3) is 0.154. The largest absolute Gasteiger partial charge is 0.496 e. The molecule has 0 aliphatic carbocycles. The highest BCUT2D eigenvalue weighted by Crippen LogP contribution is 2.32. The molecule has 0 unspecified atom stereocenters. The van der Waals surface area contributed by atoms with Crippen molar-refractivity contribution < 1.29 is 17.9 Å². The minimum absolute atomic E-state index is 0.133. The maximum atomic E-state index is 12.7. The van der Waals surface area contributed by atoms with Crippen LogP contribution in [0, 0.1) is 11.3 Å². The molecule has 0 saturated heterocycles. The van der Waals surface area contributed by atoms with Crippen LogP contribution in [-0.2, 0) is 6.18 Å². The molecule has 1 N–H and O–H groups in total. The summed E-state index contributed by atoms with van der Waals surface area (Å²) in [7, 11) is 1.32. The Bertz CT molecular complexity index is 775. The van der Waals surface area contributed by atoms with E-state index in [0.29, 0.717) is 6.07 Å². The van der Waals surface area contributed by atoms with E-state index in [-0.39, 0.29) is 22.6 Å². The predicted molar refractivity (Wildman–Crippen MR) is 66.6 cm³/mol. The van der Waals surface area contributed by atoms with Crippen LogP contribution in [0.1, 0.15) is 11.3 Å². The van der Waals surface area contributed by atoms with Gasteiger partial charge in [0.15, 0.2) is 0 Å². The van der Waals surface area contributed by atoms with Gasteiger partial charge in [-0.3, -0.25) is 0 Å². The molecule has 1 aromatic heterocycles. The summed E-state index contributed by atoms with van der Waals surface area (Å²) in [4.78, 5) is 16.4. The number of nitrogens with one attached hydrogen (secondary N) is 1. The van der Waals surface area contributed by atoms with E-state index in [1.807, 2.05) is 6.07 Å². The molecule has 2 rings (SSSR count). The van der Waals surface area contributed by atoms with Gasteiger partial charge < -0.3 is 9.72 Å². The molecule has 0 saturated carbocycles. The van der Waals surface area contributed by atoms with E-state index in [9.17, 15) is 18.0 Å². The molecule has 1 heterocycles. The van der Waals surface area contributed by atoms with Crippen LogP contribution in [0.15, 0.2) is 29.1 Å². The monoisotopic (exact) mass is 295 g/mol. The zero-order valence-corrected chi connectivity index (χ0v) is 10.7. The van der Waals surface area contributed by atoms with E-state index >= 15 is 0 Å². The van der Waals surface area contributed by atoms with Gasteiger partial charge in [-0.15, -0.1) is 0 Å². The highest BCUT2D eigenvalue weighted by atomic mass is 19.4. The number of nitrogens with zero attached hydrogens (tertiary/aromatic N) is 2. The molecule has 0 aliphatic heterocycles. The first kappa shape index (κ1) is 14.6. The van der Waals surface area contributed by atoms with Gasteiger partial charge in [0.25, 0.3) is 0 Å². The minimum Gasteiger partial charge on any atom is -0.496 e. The van der Waals surface area contributed by atoms with E-state index < -0.39 is 17.6 Å². The lowest BCUT2D eigenvalue weighted by Gasteiger charge is -2.10. The van der Waals surface area contributed by atoms with E-state index in [0.717, 1.165) is 0 Å². The average Bonchev–Trinajstić information content (AvgIpc) is 2.45. The summed E-state index contributed by atoms with van der Waals surface area (Å²) in [6.07, 6.45) is -4.71. The maximum Gasteiger partial charge on any atom is 0.431 e. The van der Waals surface area contributed by atoms with Crippen LogP contribution in [0.5, 0.6) is 5.75 Å². The number of hydrogen-bond donors (Lipinski definition) is 1. The maximum absolute atomic E-state index is 12.7. The molecule has 2 aromatic rings. The van der Waals surface area contributed by atoms with Gasteiger partial charge in [-0.2, -0.15) is 23.4 Å². The van der Waals surface area contributed by atoms with E-state index in [1.54, 1.807) is 4.98 Å². The highest BCUT2D eigenvalue weighted by molar-refractivity contribution is 5.69. The van der Waals surface area contributed by atoms with Gasteiger partial charge in [0.05, 0.1) is 24.4 Å². The van der Waals surface area contributed by atoms with Crippen LogP contribution in [0.4, 0.5) is 13.2 Å². The first-order valence-electron chi connectivity index (χ1n) is 5.62. The number of H-pyrrole nitrogens is 1. The van der Waals surface area contributed by atoms with Crippen LogP contribution in [0.3, 0.4) is 0 Å².